The molecule has 1 atom stereocenters. The molecule has 3 heterocycles. The number of thiophene rings is 1. The van der Waals surface area contributed by atoms with Crippen LogP contribution in [0.2, 0.25) is 0 Å². The average Bonchev–Trinajstić information content (AvgIpc) is 3.31. The Hall–Kier alpha value is -1.67. The number of rotatable bonds is 5. The van der Waals surface area contributed by atoms with Crippen LogP contribution in [0.4, 0.5) is 0 Å². The van der Waals surface area contributed by atoms with Crippen LogP contribution in [0.25, 0.3) is 16.4 Å². The largest absolute Gasteiger partial charge is 0.355 e. The minimum Gasteiger partial charge on any atom is -0.355 e. The Morgan fingerprint density at radius 3 is 2.83 bits per heavy atom. The summed E-state index contributed by atoms with van der Waals surface area (Å²) in [6.07, 6.45) is 1.12. The number of hydrogen-bond donors (Lipinski definition) is 0. The van der Waals surface area contributed by atoms with Crippen molar-refractivity contribution in [2.75, 3.05) is 19.2 Å². The van der Waals surface area contributed by atoms with Gasteiger partial charge in [-0.2, -0.15) is 0 Å². The van der Waals surface area contributed by atoms with Gasteiger partial charge in [-0.25, -0.2) is 0 Å². The Kier molecular flexibility index (Phi) is 4.94. The number of nitrogens with zero attached hydrogens (tertiary/aromatic N) is 3. The third-order valence-corrected chi connectivity index (χ3v) is 5.69. The van der Waals surface area contributed by atoms with Crippen LogP contribution in [0.15, 0.2) is 53.0 Å². The van der Waals surface area contributed by atoms with E-state index in [2.05, 4.69) is 38.3 Å². The SMILES string of the molecule is c1ccc(-n2c(SC[C@@H]3CCOCO3)nnc2-c2cccs2)cc1. The van der Waals surface area contributed by atoms with E-state index in [4.69, 9.17) is 9.47 Å². The normalized spacial score (nSPS) is 17.9. The smallest absolute Gasteiger partial charge is 0.196 e. The molecule has 1 fully saturated rings. The van der Waals surface area contributed by atoms with Gasteiger partial charge in [0, 0.05) is 11.4 Å². The van der Waals surface area contributed by atoms with Gasteiger partial charge < -0.3 is 9.47 Å². The quantitative estimate of drug-likeness (QED) is 0.648. The van der Waals surface area contributed by atoms with Crippen molar-refractivity contribution in [3.8, 4) is 16.4 Å². The third kappa shape index (κ3) is 3.39. The van der Waals surface area contributed by atoms with Gasteiger partial charge in [-0.05, 0) is 30.0 Å². The molecule has 4 rings (SSSR count). The Morgan fingerprint density at radius 2 is 2.08 bits per heavy atom. The molecule has 124 valence electrons. The molecule has 1 saturated heterocycles. The molecular formula is C17H17N3O2S2. The summed E-state index contributed by atoms with van der Waals surface area (Å²) in [4.78, 5) is 1.11. The summed E-state index contributed by atoms with van der Waals surface area (Å²) in [5.41, 5.74) is 1.07. The lowest BCUT2D eigenvalue weighted by Gasteiger charge is -2.22. The van der Waals surface area contributed by atoms with Crippen LogP contribution in [-0.4, -0.2) is 40.0 Å². The van der Waals surface area contributed by atoms with Crippen LogP contribution in [-0.2, 0) is 9.47 Å². The summed E-state index contributed by atoms with van der Waals surface area (Å²) < 4.78 is 13.0. The summed E-state index contributed by atoms with van der Waals surface area (Å²) in [5.74, 6) is 1.73. The van der Waals surface area contributed by atoms with Gasteiger partial charge in [-0.3, -0.25) is 4.57 Å². The zero-order valence-corrected chi connectivity index (χ0v) is 14.6. The molecule has 24 heavy (non-hydrogen) atoms. The topological polar surface area (TPSA) is 49.2 Å². The van der Waals surface area contributed by atoms with Crippen molar-refractivity contribution >= 4 is 23.1 Å². The van der Waals surface area contributed by atoms with Crippen molar-refractivity contribution in [1.82, 2.24) is 14.8 Å². The predicted molar refractivity (Wildman–Crippen MR) is 95.7 cm³/mol. The Labute approximate surface area is 148 Å². The molecule has 0 spiro atoms. The van der Waals surface area contributed by atoms with Gasteiger partial charge in [0.2, 0.25) is 0 Å². The number of ether oxygens (including phenoxy) is 2. The van der Waals surface area contributed by atoms with Gasteiger partial charge in [0.15, 0.2) is 11.0 Å². The van der Waals surface area contributed by atoms with E-state index in [-0.39, 0.29) is 6.10 Å². The second kappa shape index (κ2) is 7.48. The standard InChI is InChI=1S/C17H17N3O2S2/c1-2-5-13(6-3-1)20-16(15-7-4-10-23-15)18-19-17(20)24-11-14-8-9-21-12-22-14/h1-7,10,14H,8-9,11-12H2/t14-/m0/s1. The number of para-hydroxylation sites is 1. The highest BCUT2D eigenvalue weighted by atomic mass is 32.2. The van der Waals surface area contributed by atoms with Crippen molar-refractivity contribution in [3.63, 3.8) is 0 Å². The molecule has 0 bridgehead atoms. The molecule has 1 aliphatic heterocycles. The summed E-state index contributed by atoms with van der Waals surface area (Å²) >= 11 is 3.35. The molecule has 0 radical (unpaired) electrons. The Balaban J connectivity index is 1.64. The maximum absolute atomic E-state index is 5.63. The van der Waals surface area contributed by atoms with Crippen molar-refractivity contribution in [3.05, 3.63) is 47.8 Å². The lowest BCUT2D eigenvalue weighted by Crippen LogP contribution is -2.25. The molecule has 0 unspecified atom stereocenters. The first-order chi connectivity index (χ1) is 11.9. The van der Waals surface area contributed by atoms with E-state index in [1.165, 1.54) is 0 Å². The van der Waals surface area contributed by atoms with E-state index in [0.29, 0.717) is 6.79 Å². The molecule has 1 aromatic carbocycles. The average molecular weight is 359 g/mol. The first kappa shape index (κ1) is 15.8. The fourth-order valence-corrected chi connectivity index (χ4v) is 4.25. The lowest BCUT2D eigenvalue weighted by molar-refractivity contribution is -0.130. The molecule has 3 aromatic rings. The van der Waals surface area contributed by atoms with Crippen LogP contribution in [0.1, 0.15) is 6.42 Å². The highest BCUT2D eigenvalue weighted by molar-refractivity contribution is 7.99. The first-order valence-electron chi connectivity index (χ1n) is 7.78. The summed E-state index contributed by atoms with van der Waals surface area (Å²) in [6, 6.07) is 14.3. The van der Waals surface area contributed by atoms with Gasteiger partial charge in [-0.1, -0.05) is 36.0 Å². The minimum absolute atomic E-state index is 0.204. The van der Waals surface area contributed by atoms with Crippen molar-refractivity contribution < 1.29 is 9.47 Å². The number of benzene rings is 1. The fourth-order valence-electron chi connectivity index (χ4n) is 2.54. The van der Waals surface area contributed by atoms with Crippen LogP contribution < -0.4 is 0 Å². The molecule has 0 amide bonds. The Bertz CT molecular complexity index is 769. The van der Waals surface area contributed by atoms with Crippen LogP contribution in [0, 0.1) is 0 Å². The zero-order chi connectivity index (χ0) is 16.2. The molecule has 0 N–H and O–H groups in total. The van der Waals surface area contributed by atoms with Crippen molar-refractivity contribution in [1.29, 1.82) is 0 Å². The maximum Gasteiger partial charge on any atom is 0.196 e. The molecule has 7 heteroatoms. The number of thioether (sulfide) groups is 1. The Morgan fingerprint density at radius 1 is 1.17 bits per heavy atom. The zero-order valence-electron chi connectivity index (χ0n) is 13.0. The van der Waals surface area contributed by atoms with Crippen molar-refractivity contribution in [2.45, 2.75) is 17.7 Å². The van der Waals surface area contributed by atoms with Crippen molar-refractivity contribution in [2.24, 2.45) is 0 Å². The minimum atomic E-state index is 0.204. The molecule has 0 aliphatic carbocycles. The predicted octanol–water partition coefficient (Wildman–Crippen LogP) is 3.85. The van der Waals surface area contributed by atoms with Crippen LogP contribution in [0.5, 0.6) is 0 Å². The van der Waals surface area contributed by atoms with E-state index < -0.39 is 0 Å². The monoisotopic (exact) mass is 359 g/mol. The molecule has 2 aromatic heterocycles. The summed E-state index contributed by atoms with van der Waals surface area (Å²) in [6.45, 7) is 1.15. The van der Waals surface area contributed by atoms with E-state index in [0.717, 1.165) is 40.3 Å². The first-order valence-corrected chi connectivity index (χ1v) is 9.65. The van der Waals surface area contributed by atoms with Crippen LogP contribution >= 0.6 is 23.1 Å². The fraction of sp³-hybridized carbons (Fsp3) is 0.294. The van der Waals surface area contributed by atoms with Gasteiger partial charge >= 0.3 is 0 Å². The van der Waals surface area contributed by atoms with E-state index in [9.17, 15) is 0 Å². The molecular weight excluding hydrogens is 342 g/mol. The highest BCUT2D eigenvalue weighted by Crippen LogP contribution is 2.31. The van der Waals surface area contributed by atoms with Gasteiger partial charge in [0.25, 0.3) is 0 Å². The van der Waals surface area contributed by atoms with Gasteiger partial charge in [0.05, 0.1) is 17.6 Å². The second-order valence-electron chi connectivity index (χ2n) is 5.37. The van der Waals surface area contributed by atoms with Gasteiger partial charge in [-0.15, -0.1) is 21.5 Å². The summed E-state index contributed by atoms with van der Waals surface area (Å²) in [7, 11) is 0. The van der Waals surface area contributed by atoms with Crippen LogP contribution in [0.3, 0.4) is 0 Å². The second-order valence-corrected chi connectivity index (χ2v) is 7.30. The summed E-state index contributed by atoms with van der Waals surface area (Å²) in [5, 5.41) is 11.8. The molecule has 0 saturated carbocycles. The van der Waals surface area contributed by atoms with Gasteiger partial charge in [0.1, 0.15) is 6.79 Å². The highest BCUT2D eigenvalue weighted by Gasteiger charge is 2.20. The lowest BCUT2D eigenvalue weighted by atomic mass is 10.3. The van der Waals surface area contributed by atoms with E-state index >= 15 is 0 Å². The van der Waals surface area contributed by atoms with E-state index in [1.807, 2.05) is 24.3 Å². The third-order valence-electron chi connectivity index (χ3n) is 3.76. The number of hydrogen-bond acceptors (Lipinski definition) is 6. The number of aromatic nitrogens is 3. The van der Waals surface area contributed by atoms with E-state index in [1.54, 1.807) is 23.1 Å². The maximum atomic E-state index is 5.63. The molecule has 1 aliphatic rings. The molecule has 5 nitrogen and oxygen atoms in total.